The fourth-order valence-corrected chi connectivity index (χ4v) is 3.12. The van der Waals surface area contributed by atoms with E-state index in [2.05, 4.69) is 17.3 Å². The van der Waals surface area contributed by atoms with Crippen LogP contribution in [-0.4, -0.2) is 80.0 Å². The van der Waals surface area contributed by atoms with E-state index in [-0.39, 0.29) is 12.2 Å². The van der Waals surface area contributed by atoms with Gasteiger partial charge in [-0.25, -0.2) is 4.79 Å². The number of carbonyl (C=O) groups excluding carboxylic acids is 1. The molecule has 2 fully saturated rings. The fraction of sp³-hybridized carbons (Fsp3) is 0.941. The van der Waals surface area contributed by atoms with E-state index in [4.69, 9.17) is 9.47 Å². The van der Waals surface area contributed by atoms with Gasteiger partial charge in [-0.15, -0.1) is 0 Å². The molecule has 2 aliphatic heterocycles. The van der Waals surface area contributed by atoms with Crippen LogP contribution in [0.2, 0.25) is 0 Å². The Balaban J connectivity index is 1.55. The van der Waals surface area contributed by atoms with Crippen LogP contribution < -0.4 is 5.32 Å². The van der Waals surface area contributed by atoms with Crippen LogP contribution in [0.4, 0.5) is 4.79 Å². The molecule has 1 amide bonds. The van der Waals surface area contributed by atoms with Crippen LogP contribution in [0.5, 0.6) is 0 Å². The summed E-state index contributed by atoms with van der Waals surface area (Å²) in [6.45, 7) is 11.1. The monoisotopic (exact) mass is 327 g/mol. The van der Waals surface area contributed by atoms with Crippen LogP contribution in [0.15, 0.2) is 0 Å². The predicted molar refractivity (Wildman–Crippen MR) is 90.7 cm³/mol. The molecule has 0 aromatic heterocycles. The molecule has 1 N–H and O–H groups in total. The third kappa shape index (κ3) is 6.65. The van der Waals surface area contributed by atoms with Gasteiger partial charge in [-0.05, 0) is 53.6 Å². The molecule has 0 aromatic rings. The zero-order valence-electron chi connectivity index (χ0n) is 15.1. The number of carbonyl (C=O) groups is 1. The van der Waals surface area contributed by atoms with Crippen molar-refractivity contribution in [2.45, 2.75) is 57.8 Å². The molecule has 2 heterocycles. The van der Waals surface area contributed by atoms with Crippen molar-refractivity contribution in [1.82, 2.24) is 15.1 Å². The summed E-state index contributed by atoms with van der Waals surface area (Å²) in [4.78, 5) is 16.1. The van der Waals surface area contributed by atoms with Crippen molar-refractivity contribution in [3.05, 3.63) is 0 Å². The van der Waals surface area contributed by atoms with Crippen molar-refractivity contribution in [1.29, 1.82) is 0 Å². The number of piperidine rings is 1. The Bertz CT molecular complexity index is 376. The van der Waals surface area contributed by atoms with E-state index in [0.29, 0.717) is 6.04 Å². The maximum atomic E-state index is 12.0. The van der Waals surface area contributed by atoms with Gasteiger partial charge in [-0.1, -0.05) is 0 Å². The highest BCUT2D eigenvalue weighted by atomic mass is 16.6. The second-order valence-corrected chi connectivity index (χ2v) is 7.74. The van der Waals surface area contributed by atoms with Crippen molar-refractivity contribution in [2.24, 2.45) is 0 Å². The van der Waals surface area contributed by atoms with Crippen LogP contribution >= 0.6 is 0 Å². The summed E-state index contributed by atoms with van der Waals surface area (Å²) in [5, 5.41) is 3.55. The van der Waals surface area contributed by atoms with E-state index < -0.39 is 5.60 Å². The first-order chi connectivity index (χ1) is 10.8. The average Bonchev–Trinajstić information content (AvgIpc) is 2.88. The topological polar surface area (TPSA) is 54.0 Å². The first-order valence-corrected chi connectivity index (χ1v) is 8.85. The zero-order chi connectivity index (χ0) is 16.9. The van der Waals surface area contributed by atoms with Gasteiger partial charge in [-0.2, -0.15) is 0 Å². The second kappa shape index (κ2) is 8.31. The lowest BCUT2D eigenvalue weighted by Gasteiger charge is -2.33. The number of nitrogens with zero attached hydrogens (tertiary/aromatic N) is 2. The standard InChI is InChI=1S/C17H33N3O3/c1-17(2,3)23-16(21)20-10-6-15(7-11-20)22-12-8-18-14-5-9-19(4)13-14/h14-15,18H,5-13H2,1-4H3. The quantitative estimate of drug-likeness (QED) is 0.779. The van der Waals surface area contributed by atoms with Gasteiger partial charge >= 0.3 is 6.09 Å². The molecule has 2 rings (SSSR count). The smallest absolute Gasteiger partial charge is 0.410 e. The molecule has 2 aliphatic rings. The Kier molecular flexibility index (Phi) is 6.68. The van der Waals surface area contributed by atoms with Crippen LogP contribution in [0.1, 0.15) is 40.0 Å². The lowest BCUT2D eigenvalue weighted by Crippen LogP contribution is -2.44. The van der Waals surface area contributed by atoms with Crippen molar-refractivity contribution in [3.63, 3.8) is 0 Å². The van der Waals surface area contributed by atoms with Crippen molar-refractivity contribution < 1.29 is 14.3 Å². The molecule has 1 atom stereocenters. The minimum Gasteiger partial charge on any atom is -0.444 e. The van der Waals surface area contributed by atoms with Crippen LogP contribution in [-0.2, 0) is 9.47 Å². The minimum absolute atomic E-state index is 0.206. The van der Waals surface area contributed by atoms with Gasteiger partial charge in [-0.3, -0.25) is 0 Å². The van der Waals surface area contributed by atoms with Crippen molar-refractivity contribution in [2.75, 3.05) is 46.4 Å². The van der Waals surface area contributed by atoms with E-state index in [1.165, 1.54) is 13.0 Å². The molecule has 6 heteroatoms. The van der Waals surface area contributed by atoms with E-state index >= 15 is 0 Å². The predicted octanol–water partition coefficient (Wildman–Crippen LogP) is 1.70. The van der Waals surface area contributed by atoms with Gasteiger partial charge in [0.2, 0.25) is 0 Å². The largest absolute Gasteiger partial charge is 0.444 e. The highest BCUT2D eigenvalue weighted by Gasteiger charge is 2.27. The Labute approximate surface area is 140 Å². The average molecular weight is 327 g/mol. The van der Waals surface area contributed by atoms with Crippen LogP contribution in [0.25, 0.3) is 0 Å². The minimum atomic E-state index is -0.426. The first-order valence-electron chi connectivity index (χ1n) is 8.85. The zero-order valence-corrected chi connectivity index (χ0v) is 15.1. The maximum absolute atomic E-state index is 12.0. The van der Waals surface area contributed by atoms with Gasteiger partial charge < -0.3 is 24.6 Å². The Morgan fingerprint density at radius 2 is 1.87 bits per heavy atom. The molecule has 0 spiro atoms. The van der Waals surface area contributed by atoms with Gasteiger partial charge in [0.1, 0.15) is 5.60 Å². The summed E-state index contributed by atoms with van der Waals surface area (Å²) in [6.07, 6.45) is 3.08. The summed E-state index contributed by atoms with van der Waals surface area (Å²) in [7, 11) is 2.16. The Morgan fingerprint density at radius 1 is 1.17 bits per heavy atom. The Hall–Kier alpha value is -0.850. The maximum Gasteiger partial charge on any atom is 0.410 e. The highest BCUT2D eigenvalue weighted by molar-refractivity contribution is 5.68. The van der Waals surface area contributed by atoms with E-state index in [0.717, 1.165) is 45.6 Å². The van der Waals surface area contributed by atoms with Gasteiger partial charge in [0.15, 0.2) is 0 Å². The number of likely N-dealkylation sites (tertiary alicyclic amines) is 2. The molecule has 2 saturated heterocycles. The first kappa shape index (κ1) is 18.5. The van der Waals surface area contributed by atoms with E-state index in [1.54, 1.807) is 4.90 Å². The summed E-state index contributed by atoms with van der Waals surface area (Å²) < 4.78 is 11.4. The number of hydrogen-bond acceptors (Lipinski definition) is 5. The van der Waals surface area contributed by atoms with Gasteiger partial charge in [0.25, 0.3) is 0 Å². The third-order valence-corrected chi connectivity index (χ3v) is 4.37. The molecular formula is C17H33N3O3. The molecule has 0 bridgehead atoms. The highest BCUT2D eigenvalue weighted by Crippen LogP contribution is 2.17. The number of likely N-dealkylation sites (N-methyl/N-ethyl adjacent to an activating group) is 1. The fourth-order valence-electron chi connectivity index (χ4n) is 3.12. The number of rotatable bonds is 5. The molecular weight excluding hydrogens is 294 g/mol. The second-order valence-electron chi connectivity index (χ2n) is 7.74. The molecule has 0 aromatic carbocycles. The van der Waals surface area contributed by atoms with Gasteiger partial charge in [0.05, 0.1) is 12.7 Å². The molecule has 134 valence electrons. The molecule has 6 nitrogen and oxygen atoms in total. The van der Waals surface area contributed by atoms with Gasteiger partial charge in [0, 0.05) is 32.2 Å². The summed E-state index contributed by atoms with van der Waals surface area (Å²) in [5.74, 6) is 0. The summed E-state index contributed by atoms with van der Waals surface area (Å²) >= 11 is 0. The molecule has 1 unspecified atom stereocenters. The molecule has 23 heavy (non-hydrogen) atoms. The van der Waals surface area contributed by atoms with Crippen LogP contribution in [0.3, 0.4) is 0 Å². The summed E-state index contributed by atoms with van der Waals surface area (Å²) in [5.41, 5.74) is -0.426. The van der Waals surface area contributed by atoms with E-state index in [1.807, 2.05) is 20.8 Å². The number of nitrogens with one attached hydrogen (secondary N) is 1. The molecule has 0 radical (unpaired) electrons. The molecule has 0 saturated carbocycles. The normalized spacial score (nSPS) is 24.2. The lowest BCUT2D eigenvalue weighted by atomic mass is 10.1. The lowest BCUT2D eigenvalue weighted by molar-refractivity contribution is -0.0107. The SMILES string of the molecule is CN1CCC(NCCOC2CCN(C(=O)OC(C)(C)C)CC2)C1. The number of ether oxygens (including phenoxy) is 2. The molecule has 0 aliphatic carbocycles. The Morgan fingerprint density at radius 3 is 2.43 bits per heavy atom. The number of amides is 1. The number of hydrogen-bond donors (Lipinski definition) is 1. The van der Waals surface area contributed by atoms with E-state index in [9.17, 15) is 4.79 Å². The van der Waals surface area contributed by atoms with Crippen LogP contribution in [0, 0.1) is 0 Å². The summed E-state index contributed by atoms with van der Waals surface area (Å²) in [6, 6.07) is 0.609. The van der Waals surface area contributed by atoms with Crippen molar-refractivity contribution in [3.8, 4) is 0 Å². The third-order valence-electron chi connectivity index (χ3n) is 4.37. The van der Waals surface area contributed by atoms with Crippen molar-refractivity contribution >= 4 is 6.09 Å².